The van der Waals surface area contributed by atoms with E-state index in [1.54, 1.807) is 12.3 Å². The molecule has 0 aliphatic rings. The standard InChI is InChI=1S/C9H11ClN2O2/c1-2-7(10)6-8-9(12(13)14)4-3-5-11-8/h3-5,7H,2,6H2,1H3. The Bertz CT molecular complexity index is 330. The highest BCUT2D eigenvalue weighted by atomic mass is 35.5. The first-order valence-electron chi connectivity index (χ1n) is 4.37. The SMILES string of the molecule is CCC(Cl)Cc1ncccc1[N+](=O)[O-]. The fraction of sp³-hybridized carbons (Fsp3) is 0.444. The van der Waals surface area contributed by atoms with Crippen molar-refractivity contribution >= 4 is 17.3 Å². The zero-order valence-corrected chi connectivity index (χ0v) is 8.57. The quantitative estimate of drug-likeness (QED) is 0.440. The molecule has 1 aromatic rings. The van der Waals surface area contributed by atoms with Crippen molar-refractivity contribution in [3.63, 3.8) is 0 Å². The summed E-state index contributed by atoms with van der Waals surface area (Å²) in [6, 6.07) is 3.00. The molecule has 0 aromatic carbocycles. The molecule has 1 rings (SSSR count). The van der Waals surface area contributed by atoms with E-state index in [1.807, 2.05) is 6.92 Å². The summed E-state index contributed by atoms with van der Waals surface area (Å²) in [4.78, 5) is 14.1. The normalized spacial score (nSPS) is 12.4. The molecule has 0 aliphatic heterocycles. The number of aromatic nitrogens is 1. The van der Waals surface area contributed by atoms with Gasteiger partial charge in [0.05, 0.1) is 4.92 Å². The predicted molar refractivity (Wildman–Crippen MR) is 54.5 cm³/mol. The molecule has 1 aromatic heterocycles. The highest BCUT2D eigenvalue weighted by Crippen LogP contribution is 2.19. The van der Waals surface area contributed by atoms with Crippen LogP contribution >= 0.6 is 11.6 Å². The molecule has 4 nitrogen and oxygen atoms in total. The first-order valence-corrected chi connectivity index (χ1v) is 4.81. The molecule has 0 fully saturated rings. The van der Waals surface area contributed by atoms with Gasteiger partial charge in [-0.25, -0.2) is 0 Å². The van der Waals surface area contributed by atoms with Gasteiger partial charge in [0, 0.05) is 24.1 Å². The average Bonchev–Trinajstić information content (AvgIpc) is 2.18. The molecule has 0 saturated heterocycles. The minimum Gasteiger partial charge on any atom is -0.258 e. The second-order valence-corrected chi connectivity index (χ2v) is 3.55. The molecule has 5 heteroatoms. The van der Waals surface area contributed by atoms with Gasteiger partial charge in [0.1, 0.15) is 5.69 Å². The Kier molecular flexibility index (Phi) is 3.83. The minimum absolute atomic E-state index is 0.0478. The molecule has 1 unspecified atom stereocenters. The zero-order valence-electron chi connectivity index (χ0n) is 7.81. The zero-order chi connectivity index (χ0) is 10.6. The van der Waals surface area contributed by atoms with Crippen LogP contribution in [0.5, 0.6) is 0 Å². The Morgan fingerprint density at radius 1 is 1.71 bits per heavy atom. The van der Waals surface area contributed by atoms with E-state index in [0.29, 0.717) is 12.1 Å². The Morgan fingerprint density at radius 3 is 3.00 bits per heavy atom. The summed E-state index contributed by atoms with van der Waals surface area (Å²) in [5.41, 5.74) is 0.506. The average molecular weight is 215 g/mol. The summed E-state index contributed by atoms with van der Waals surface area (Å²) in [5, 5.41) is 10.5. The van der Waals surface area contributed by atoms with Gasteiger partial charge in [-0.2, -0.15) is 0 Å². The maximum atomic E-state index is 10.6. The van der Waals surface area contributed by atoms with Crippen molar-refractivity contribution in [2.45, 2.75) is 25.1 Å². The van der Waals surface area contributed by atoms with Crippen LogP contribution in [-0.4, -0.2) is 15.3 Å². The van der Waals surface area contributed by atoms with Crippen LogP contribution in [0.3, 0.4) is 0 Å². The number of rotatable bonds is 4. The van der Waals surface area contributed by atoms with Crippen molar-refractivity contribution < 1.29 is 4.92 Å². The van der Waals surface area contributed by atoms with E-state index in [9.17, 15) is 10.1 Å². The number of halogens is 1. The fourth-order valence-corrected chi connectivity index (χ4v) is 1.25. The van der Waals surface area contributed by atoms with Crippen LogP contribution in [0.15, 0.2) is 18.3 Å². The molecule has 1 atom stereocenters. The van der Waals surface area contributed by atoms with Crippen molar-refractivity contribution in [3.8, 4) is 0 Å². The fourth-order valence-electron chi connectivity index (χ4n) is 1.11. The first-order chi connectivity index (χ1) is 6.65. The molecule has 1 heterocycles. The van der Waals surface area contributed by atoms with Crippen molar-refractivity contribution in [3.05, 3.63) is 34.1 Å². The van der Waals surface area contributed by atoms with E-state index in [-0.39, 0.29) is 11.1 Å². The number of hydrogen-bond donors (Lipinski definition) is 0. The van der Waals surface area contributed by atoms with E-state index >= 15 is 0 Å². The molecule has 76 valence electrons. The van der Waals surface area contributed by atoms with Crippen molar-refractivity contribution in [2.75, 3.05) is 0 Å². The van der Waals surface area contributed by atoms with Crippen LogP contribution in [0.1, 0.15) is 19.0 Å². The lowest BCUT2D eigenvalue weighted by molar-refractivity contribution is -0.385. The Morgan fingerprint density at radius 2 is 2.43 bits per heavy atom. The van der Waals surface area contributed by atoms with Gasteiger partial charge in [0.25, 0.3) is 5.69 Å². The maximum absolute atomic E-state index is 10.6. The second kappa shape index (κ2) is 4.91. The molecule has 0 amide bonds. The van der Waals surface area contributed by atoms with Crippen LogP contribution in [0, 0.1) is 10.1 Å². The van der Waals surface area contributed by atoms with Crippen LogP contribution in [-0.2, 0) is 6.42 Å². The lowest BCUT2D eigenvalue weighted by Crippen LogP contribution is -2.06. The molecule has 0 radical (unpaired) electrons. The van der Waals surface area contributed by atoms with Crippen LogP contribution < -0.4 is 0 Å². The van der Waals surface area contributed by atoms with E-state index in [0.717, 1.165) is 6.42 Å². The van der Waals surface area contributed by atoms with Gasteiger partial charge in [-0.05, 0) is 12.5 Å². The number of nitro groups is 1. The highest BCUT2D eigenvalue weighted by Gasteiger charge is 2.16. The van der Waals surface area contributed by atoms with E-state index in [2.05, 4.69) is 4.98 Å². The van der Waals surface area contributed by atoms with Gasteiger partial charge in [-0.1, -0.05) is 6.92 Å². The molecule has 0 bridgehead atoms. The van der Waals surface area contributed by atoms with Crippen molar-refractivity contribution in [2.24, 2.45) is 0 Å². The molecule has 14 heavy (non-hydrogen) atoms. The van der Waals surface area contributed by atoms with Crippen molar-refractivity contribution in [1.29, 1.82) is 0 Å². The predicted octanol–water partition coefficient (Wildman–Crippen LogP) is 2.55. The van der Waals surface area contributed by atoms with Gasteiger partial charge < -0.3 is 0 Å². The van der Waals surface area contributed by atoms with E-state index < -0.39 is 4.92 Å². The third-order valence-corrected chi connectivity index (χ3v) is 2.38. The minimum atomic E-state index is -0.429. The number of hydrogen-bond acceptors (Lipinski definition) is 3. The molecule has 0 spiro atoms. The molecule has 0 saturated carbocycles. The molecular formula is C9H11ClN2O2. The van der Waals surface area contributed by atoms with Crippen LogP contribution in [0.2, 0.25) is 0 Å². The summed E-state index contributed by atoms with van der Waals surface area (Å²) < 4.78 is 0. The highest BCUT2D eigenvalue weighted by molar-refractivity contribution is 6.20. The Labute approximate surface area is 87.1 Å². The van der Waals surface area contributed by atoms with Crippen molar-refractivity contribution in [1.82, 2.24) is 4.98 Å². The molecular weight excluding hydrogens is 204 g/mol. The largest absolute Gasteiger partial charge is 0.290 e. The molecule has 0 aliphatic carbocycles. The van der Waals surface area contributed by atoms with Crippen LogP contribution in [0.4, 0.5) is 5.69 Å². The van der Waals surface area contributed by atoms with Gasteiger partial charge in [-0.15, -0.1) is 11.6 Å². The third kappa shape index (κ3) is 2.67. The van der Waals surface area contributed by atoms with Crippen LogP contribution in [0.25, 0.3) is 0 Å². The van der Waals surface area contributed by atoms with Gasteiger partial charge >= 0.3 is 0 Å². The summed E-state index contributed by atoms with van der Waals surface area (Å²) >= 11 is 5.91. The Balaban J connectivity index is 2.90. The van der Waals surface area contributed by atoms with Gasteiger partial charge in [0.2, 0.25) is 0 Å². The maximum Gasteiger partial charge on any atom is 0.290 e. The summed E-state index contributed by atoms with van der Waals surface area (Å²) in [6.07, 6.45) is 2.76. The number of pyridine rings is 1. The number of alkyl halides is 1. The number of nitrogens with zero attached hydrogens (tertiary/aromatic N) is 2. The summed E-state index contributed by atoms with van der Waals surface area (Å²) in [6.45, 7) is 1.94. The lowest BCUT2D eigenvalue weighted by Gasteiger charge is -2.05. The summed E-state index contributed by atoms with van der Waals surface area (Å²) in [5.74, 6) is 0. The monoisotopic (exact) mass is 214 g/mol. The van der Waals surface area contributed by atoms with Gasteiger partial charge in [-0.3, -0.25) is 15.1 Å². The Hall–Kier alpha value is -1.16. The van der Waals surface area contributed by atoms with E-state index in [1.165, 1.54) is 6.07 Å². The molecule has 0 N–H and O–H groups in total. The second-order valence-electron chi connectivity index (χ2n) is 2.94. The topological polar surface area (TPSA) is 56.0 Å². The van der Waals surface area contributed by atoms with E-state index in [4.69, 9.17) is 11.6 Å². The van der Waals surface area contributed by atoms with Gasteiger partial charge in [0.15, 0.2) is 0 Å². The lowest BCUT2D eigenvalue weighted by atomic mass is 10.1. The third-order valence-electron chi connectivity index (χ3n) is 1.92. The summed E-state index contributed by atoms with van der Waals surface area (Å²) in [7, 11) is 0. The smallest absolute Gasteiger partial charge is 0.258 e. The first kappa shape index (κ1) is 10.9.